The van der Waals surface area contributed by atoms with Crippen LogP contribution in [0.1, 0.15) is 29.2 Å². The van der Waals surface area contributed by atoms with Crippen molar-refractivity contribution in [3.63, 3.8) is 0 Å². The van der Waals surface area contributed by atoms with Gasteiger partial charge in [-0.15, -0.1) is 0 Å². The van der Waals surface area contributed by atoms with Crippen LogP contribution in [0, 0.1) is 5.92 Å². The average Bonchev–Trinajstić information content (AvgIpc) is 3.09. The van der Waals surface area contributed by atoms with Gasteiger partial charge in [0.05, 0.1) is 17.4 Å². The van der Waals surface area contributed by atoms with Crippen molar-refractivity contribution >= 4 is 11.4 Å². The van der Waals surface area contributed by atoms with Crippen LogP contribution in [0.2, 0.25) is 0 Å². The molecule has 122 valence electrons. The number of aromatic nitrogens is 1. The molecule has 1 aromatic heterocycles. The van der Waals surface area contributed by atoms with Crippen molar-refractivity contribution in [1.29, 1.82) is 0 Å². The summed E-state index contributed by atoms with van der Waals surface area (Å²) in [5, 5.41) is 7.30. The molecule has 3 nitrogen and oxygen atoms in total. The number of rotatable bonds is 2. The van der Waals surface area contributed by atoms with Gasteiger partial charge in [0.1, 0.15) is 0 Å². The molecule has 0 saturated carbocycles. The Morgan fingerprint density at radius 3 is 2.56 bits per heavy atom. The van der Waals surface area contributed by atoms with E-state index in [1.165, 1.54) is 22.4 Å². The van der Waals surface area contributed by atoms with E-state index >= 15 is 0 Å². The van der Waals surface area contributed by atoms with E-state index in [-0.39, 0.29) is 6.04 Å². The van der Waals surface area contributed by atoms with E-state index in [1.807, 2.05) is 24.5 Å². The molecule has 2 heterocycles. The highest BCUT2D eigenvalue weighted by Gasteiger charge is 2.41. The van der Waals surface area contributed by atoms with Crippen LogP contribution in [0.15, 0.2) is 84.2 Å². The molecule has 5 rings (SSSR count). The van der Waals surface area contributed by atoms with E-state index in [0.29, 0.717) is 5.92 Å². The summed E-state index contributed by atoms with van der Waals surface area (Å²) >= 11 is 0. The summed E-state index contributed by atoms with van der Waals surface area (Å²) in [6.07, 6.45) is 6.06. The number of hydrazone groups is 1. The first kappa shape index (κ1) is 14.4. The molecule has 25 heavy (non-hydrogen) atoms. The van der Waals surface area contributed by atoms with Crippen LogP contribution in [0.25, 0.3) is 0 Å². The standard InChI is InChI=1S/C22H19N3/c1-2-9-18(10-3-1)25-22(17-8-6-14-23-15-17)20-13-12-16-7-4-5-11-19(16)21(20)24-25/h1-11,14-15,20,22H,12-13H2/t20-,22-/m1/s1. The second-order valence-electron chi connectivity index (χ2n) is 6.70. The van der Waals surface area contributed by atoms with Gasteiger partial charge in [0.2, 0.25) is 0 Å². The van der Waals surface area contributed by atoms with E-state index in [9.17, 15) is 0 Å². The van der Waals surface area contributed by atoms with Crippen molar-refractivity contribution in [3.8, 4) is 0 Å². The number of hydrogen-bond donors (Lipinski definition) is 0. The topological polar surface area (TPSA) is 28.5 Å². The van der Waals surface area contributed by atoms with Crippen LogP contribution < -0.4 is 5.01 Å². The van der Waals surface area contributed by atoms with Crippen LogP contribution in [0.5, 0.6) is 0 Å². The molecule has 2 atom stereocenters. The third-order valence-electron chi connectivity index (χ3n) is 5.28. The van der Waals surface area contributed by atoms with Gasteiger partial charge in [-0.05, 0) is 42.2 Å². The molecule has 3 heteroatoms. The number of aryl methyl sites for hydroxylation is 1. The van der Waals surface area contributed by atoms with Crippen LogP contribution in [-0.2, 0) is 6.42 Å². The van der Waals surface area contributed by atoms with Gasteiger partial charge < -0.3 is 0 Å². The Hall–Kier alpha value is -2.94. The first-order valence-electron chi connectivity index (χ1n) is 8.83. The average molecular weight is 325 g/mol. The minimum absolute atomic E-state index is 0.208. The summed E-state index contributed by atoms with van der Waals surface area (Å²) < 4.78 is 0. The third kappa shape index (κ3) is 2.35. The number of para-hydroxylation sites is 1. The fourth-order valence-electron chi connectivity index (χ4n) is 4.14. The lowest BCUT2D eigenvalue weighted by atomic mass is 9.77. The van der Waals surface area contributed by atoms with Crippen LogP contribution in [0.4, 0.5) is 5.69 Å². The summed E-state index contributed by atoms with van der Waals surface area (Å²) in [6, 6.07) is 23.6. The highest BCUT2D eigenvalue weighted by molar-refractivity contribution is 6.07. The van der Waals surface area contributed by atoms with E-state index in [0.717, 1.165) is 18.5 Å². The first-order chi connectivity index (χ1) is 12.4. The predicted molar refractivity (Wildman–Crippen MR) is 101 cm³/mol. The van der Waals surface area contributed by atoms with E-state index in [2.05, 4.69) is 64.6 Å². The molecule has 0 saturated heterocycles. The van der Waals surface area contributed by atoms with Gasteiger partial charge in [-0.2, -0.15) is 5.10 Å². The van der Waals surface area contributed by atoms with Gasteiger partial charge in [0.15, 0.2) is 0 Å². The lowest BCUT2D eigenvalue weighted by Crippen LogP contribution is -2.28. The molecule has 0 amide bonds. The van der Waals surface area contributed by atoms with Crippen molar-refractivity contribution in [1.82, 2.24) is 4.98 Å². The minimum Gasteiger partial charge on any atom is -0.264 e. The number of benzene rings is 2. The number of pyridine rings is 1. The Balaban J connectivity index is 1.66. The smallest absolute Gasteiger partial charge is 0.0874 e. The maximum absolute atomic E-state index is 5.10. The molecule has 1 aliphatic carbocycles. The SMILES string of the molecule is c1ccc(N2N=C3c4ccccc4CC[C@H]3[C@H]2c2cccnc2)cc1. The van der Waals surface area contributed by atoms with E-state index in [4.69, 9.17) is 5.10 Å². The van der Waals surface area contributed by atoms with Gasteiger partial charge in [0, 0.05) is 23.9 Å². The highest BCUT2D eigenvalue weighted by Crippen LogP contribution is 2.44. The van der Waals surface area contributed by atoms with Crippen LogP contribution in [-0.4, -0.2) is 10.7 Å². The lowest BCUT2D eigenvalue weighted by molar-refractivity contribution is 0.509. The normalized spacial score (nSPS) is 21.4. The maximum Gasteiger partial charge on any atom is 0.0874 e. The molecule has 0 radical (unpaired) electrons. The summed E-state index contributed by atoms with van der Waals surface area (Å²) in [6.45, 7) is 0. The molecular weight excluding hydrogens is 306 g/mol. The molecule has 1 aliphatic heterocycles. The molecule has 0 fully saturated rings. The van der Waals surface area contributed by atoms with Crippen molar-refractivity contribution in [3.05, 3.63) is 95.8 Å². The van der Waals surface area contributed by atoms with E-state index < -0.39 is 0 Å². The molecule has 3 aromatic rings. The molecular formula is C22H19N3. The molecule has 0 unspecified atom stereocenters. The number of fused-ring (bicyclic) bond motifs is 3. The molecule has 0 N–H and O–H groups in total. The molecule has 0 spiro atoms. The van der Waals surface area contributed by atoms with Crippen molar-refractivity contribution in [2.45, 2.75) is 18.9 Å². The monoisotopic (exact) mass is 325 g/mol. The molecule has 0 bridgehead atoms. The first-order valence-corrected chi connectivity index (χ1v) is 8.83. The number of nitrogens with zero attached hydrogens (tertiary/aromatic N) is 3. The summed E-state index contributed by atoms with van der Waals surface area (Å²) in [5.74, 6) is 0.402. The zero-order chi connectivity index (χ0) is 16.6. The quantitative estimate of drug-likeness (QED) is 0.688. The Bertz CT molecular complexity index is 918. The van der Waals surface area contributed by atoms with Gasteiger partial charge in [-0.1, -0.05) is 48.5 Å². The fraction of sp³-hybridized carbons (Fsp3) is 0.182. The second-order valence-corrected chi connectivity index (χ2v) is 6.70. The van der Waals surface area contributed by atoms with Gasteiger partial charge in [-0.25, -0.2) is 0 Å². The third-order valence-corrected chi connectivity index (χ3v) is 5.28. The Labute approximate surface area is 147 Å². The van der Waals surface area contributed by atoms with Gasteiger partial charge in [0.25, 0.3) is 0 Å². The predicted octanol–water partition coefficient (Wildman–Crippen LogP) is 4.61. The highest BCUT2D eigenvalue weighted by atomic mass is 15.5. The Morgan fingerprint density at radius 2 is 1.72 bits per heavy atom. The lowest BCUT2D eigenvalue weighted by Gasteiger charge is -2.30. The van der Waals surface area contributed by atoms with Crippen LogP contribution >= 0.6 is 0 Å². The summed E-state index contributed by atoms with van der Waals surface area (Å²) in [4.78, 5) is 4.36. The number of hydrogen-bond acceptors (Lipinski definition) is 3. The van der Waals surface area contributed by atoms with Crippen molar-refractivity contribution in [2.24, 2.45) is 11.0 Å². The zero-order valence-electron chi connectivity index (χ0n) is 13.9. The Morgan fingerprint density at radius 1 is 0.880 bits per heavy atom. The molecule has 2 aliphatic rings. The van der Waals surface area contributed by atoms with Gasteiger partial charge >= 0.3 is 0 Å². The Kier molecular flexibility index (Phi) is 3.37. The van der Waals surface area contributed by atoms with Crippen molar-refractivity contribution < 1.29 is 0 Å². The number of anilines is 1. The zero-order valence-corrected chi connectivity index (χ0v) is 13.9. The van der Waals surface area contributed by atoms with Crippen molar-refractivity contribution in [2.75, 3.05) is 5.01 Å². The van der Waals surface area contributed by atoms with E-state index in [1.54, 1.807) is 0 Å². The minimum atomic E-state index is 0.208. The van der Waals surface area contributed by atoms with Gasteiger partial charge in [-0.3, -0.25) is 9.99 Å². The molecule has 2 aromatic carbocycles. The summed E-state index contributed by atoms with van der Waals surface area (Å²) in [7, 11) is 0. The van der Waals surface area contributed by atoms with Crippen LogP contribution in [0.3, 0.4) is 0 Å². The largest absolute Gasteiger partial charge is 0.264 e. The second kappa shape index (κ2) is 5.85. The summed E-state index contributed by atoms with van der Waals surface area (Å²) in [5.41, 5.74) is 6.31. The fourth-order valence-corrected chi connectivity index (χ4v) is 4.14. The maximum atomic E-state index is 5.10.